The van der Waals surface area contributed by atoms with Gasteiger partial charge in [-0.15, -0.1) is 11.8 Å². The molecule has 0 aromatic heterocycles. The van der Waals surface area contributed by atoms with Gasteiger partial charge in [0.25, 0.3) is 0 Å². The summed E-state index contributed by atoms with van der Waals surface area (Å²) in [5.41, 5.74) is 1.90. The van der Waals surface area contributed by atoms with Gasteiger partial charge in [-0.25, -0.2) is 0 Å². The Balaban J connectivity index is 1.67. The lowest BCUT2D eigenvalue weighted by molar-refractivity contribution is -0.132. The van der Waals surface area contributed by atoms with Crippen LogP contribution in [0.15, 0.2) is 48.5 Å². The number of rotatable bonds is 7. The van der Waals surface area contributed by atoms with Crippen molar-refractivity contribution < 1.29 is 19.1 Å². The van der Waals surface area contributed by atoms with Crippen molar-refractivity contribution in [2.24, 2.45) is 0 Å². The molecule has 1 unspecified atom stereocenters. The summed E-state index contributed by atoms with van der Waals surface area (Å²) in [7, 11) is 1.57. The molecule has 3 rings (SSSR count). The molecule has 2 aromatic rings. The van der Waals surface area contributed by atoms with E-state index in [0.29, 0.717) is 41.0 Å². The maximum absolute atomic E-state index is 12.8. The van der Waals surface area contributed by atoms with E-state index >= 15 is 0 Å². The Hall–Kier alpha value is -3.44. The topological polar surface area (TPSA) is 91.7 Å². The first-order valence-electron chi connectivity index (χ1n) is 9.74. The first-order valence-corrected chi connectivity index (χ1v) is 10.9. The van der Waals surface area contributed by atoms with E-state index in [2.05, 4.69) is 5.32 Å². The van der Waals surface area contributed by atoms with Crippen molar-refractivity contribution in [2.45, 2.75) is 13.0 Å². The number of carbonyl (C=O) groups is 2. The fourth-order valence-corrected chi connectivity index (χ4v) is 4.22. The maximum atomic E-state index is 12.8. The molecule has 1 saturated heterocycles. The van der Waals surface area contributed by atoms with Crippen LogP contribution in [0, 0.1) is 11.3 Å². The minimum absolute atomic E-state index is 0.237. The van der Waals surface area contributed by atoms with Crippen molar-refractivity contribution in [3.63, 3.8) is 0 Å². The molecule has 2 aromatic carbocycles. The summed E-state index contributed by atoms with van der Waals surface area (Å²) in [5.74, 6) is 1.72. The van der Waals surface area contributed by atoms with Crippen LogP contribution >= 0.6 is 11.8 Å². The van der Waals surface area contributed by atoms with Crippen LogP contribution in [0.3, 0.4) is 0 Å². The zero-order valence-corrected chi connectivity index (χ0v) is 18.1. The van der Waals surface area contributed by atoms with Crippen molar-refractivity contribution in [2.75, 3.05) is 30.7 Å². The van der Waals surface area contributed by atoms with Crippen LogP contribution in [0.2, 0.25) is 0 Å². The highest BCUT2D eigenvalue weighted by Gasteiger charge is 2.33. The number of nitriles is 1. The summed E-state index contributed by atoms with van der Waals surface area (Å²) in [6.45, 7) is 2.39. The number of ether oxygens (including phenoxy) is 2. The van der Waals surface area contributed by atoms with Crippen LogP contribution in [0.25, 0.3) is 6.08 Å². The minimum atomic E-state index is -0.562. The average Bonchev–Trinajstić information content (AvgIpc) is 3.29. The highest BCUT2D eigenvalue weighted by atomic mass is 32.2. The molecule has 0 spiro atoms. The molecule has 0 aliphatic carbocycles. The second-order valence-electron chi connectivity index (χ2n) is 6.68. The lowest BCUT2D eigenvalue weighted by Gasteiger charge is -2.21. The second kappa shape index (κ2) is 10.5. The average molecular weight is 438 g/mol. The van der Waals surface area contributed by atoms with Gasteiger partial charge >= 0.3 is 0 Å². The van der Waals surface area contributed by atoms with Gasteiger partial charge < -0.3 is 19.7 Å². The SMILES string of the molecule is CCOc1cc(C=CC(=O)N2CSCC2C(=O)Nc2ccc(C#N)cc2)ccc1OC. The molecule has 7 nitrogen and oxygen atoms in total. The van der Waals surface area contributed by atoms with Crippen LogP contribution < -0.4 is 14.8 Å². The summed E-state index contributed by atoms with van der Waals surface area (Å²) in [6, 6.07) is 13.5. The molecule has 1 atom stereocenters. The third-order valence-electron chi connectivity index (χ3n) is 4.66. The zero-order valence-electron chi connectivity index (χ0n) is 17.3. The maximum Gasteiger partial charge on any atom is 0.248 e. The van der Waals surface area contributed by atoms with Crippen LogP contribution in [-0.4, -0.2) is 48.1 Å². The third kappa shape index (κ3) is 5.58. The van der Waals surface area contributed by atoms with Crippen LogP contribution in [-0.2, 0) is 9.59 Å². The Morgan fingerprint density at radius 3 is 2.71 bits per heavy atom. The Labute approximate surface area is 185 Å². The van der Waals surface area contributed by atoms with Crippen LogP contribution in [0.5, 0.6) is 11.5 Å². The summed E-state index contributed by atoms with van der Waals surface area (Å²) < 4.78 is 10.8. The molecule has 0 bridgehead atoms. The van der Waals surface area contributed by atoms with Gasteiger partial charge in [0.1, 0.15) is 6.04 Å². The number of methoxy groups -OCH3 is 1. The van der Waals surface area contributed by atoms with Gasteiger partial charge in [-0.1, -0.05) is 6.07 Å². The fourth-order valence-electron chi connectivity index (χ4n) is 3.06. The summed E-state index contributed by atoms with van der Waals surface area (Å²) in [5, 5.41) is 11.7. The molecule has 1 N–H and O–H groups in total. The minimum Gasteiger partial charge on any atom is -0.493 e. The third-order valence-corrected chi connectivity index (χ3v) is 5.67. The molecular formula is C23H23N3O4S. The van der Waals surface area contributed by atoms with Crippen LogP contribution in [0.1, 0.15) is 18.1 Å². The monoisotopic (exact) mass is 437 g/mol. The highest BCUT2D eigenvalue weighted by Crippen LogP contribution is 2.29. The Morgan fingerprint density at radius 2 is 2.03 bits per heavy atom. The molecule has 1 aliphatic rings. The van der Waals surface area contributed by atoms with Crippen molar-refractivity contribution in [3.8, 4) is 17.6 Å². The number of hydrogen-bond donors (Lipinski definition) is 1. The van der Waals surface area contributed by atoms with E-state index in [1.807, 2.05) is 19.1 Å². The molecule has 160 valence electrons. The van der Waals surface area contributed by atoms with Gasteiger partial charge in [0.2, 0.25) is 11.8 Å². The predicted octanol–water partition coefficient (Wildman–Crippen LogP) is 3.52. The van der Waals surface area contributed by atoms with E-state index in [9.17, 15) is 9.59 Å². The molecule has 8 heteroatoms. The number of anilines is 1. The van der Waals surface area contributed by atoms with Crippen molar-refractivity contribution in [1.29, 1.82) is 5.26 Å². The summed E-state index contributed by atoms with van der Waals surface area (Å²) in [4.78, 5) is 27.0. The molecule has 1 aliphatic heterocycles. The standard InChI is InChI=1S/C23H23N3O4S/c1-3-30-21-12-16(6-10-20(21)29-2)7-11-22(27)26-15-31-14-19(26)23(28)25-18-8-4-17(13-24)5-9-18/h4-12,19H,3,14-15H2,1-2H3,(H,25,28). The van der Waals surface area contributed by atoms with Gasteiger partial charge in [-0.05, 0) is 55.0 Å². The molecule has 1 heterocycles. The Bertz CT molecular complexity index is 1010. The summed E-state index contributed by atoms with van der Waals surface area (Å²) >= 11 is 1.53. The Morgan fingerprint density at radius 1 is 1.26 bits per heavy atom. The smallest absolute Gasteiger partial charge is 0.248 e. The van der Waals surface area contributed by atoms with Gasteiger partial charge in [0.15, 0.2) is 11.5 Å². The van der Waals surface area contributed by atoms with Crippen molar-refractivity contribution in [1.82, 2.24) is 4.90 Å². The number of nitrogens with one attached hydrogen (secondary N) is 1. The molecule has 31 heavy (non-hydrogen) atoms. The fraction of sp³-hybridized carbons (Fsp3) is 0.261. The highest BCUT2D eigenvalue weighted by molar-refractivity contribution is 7.99. The van der Waals surface area contributed by atoms with Crippen molar-refractivity contribution >= 4 is 35.3 Å². The largest absolute Gasteiger partial charge is 0.493 e. The van der Waals surface area contributed by atoms with E-state index < -0.39 is 6.04 Å². The van der Waals surface area contributed by atoms with E-state index in [-0.39, 0.29) is 11.8 Å². The quantitative estimate of drug-likeness (QED) is 0.667. The van der Waals surface area contributed by atoms with Gasteiger partial charge in [0, 0.05) is 17.5 Å². The lowest BCUT2D eigenvalue weighted by atomic mass is 10.1. The lowest BCUT2D eigenvalue weighted by Crippen LogP contribution is -2.43. The van der Waals surface area contributed by atoms with E-state index in [0.717, 1.165) is 5.56 Å². The van der Waals surface area contributed by atoms with Crippen LogP contribution in [0.4, 0.5) is 5.69 Å². The number of thioether (sulfide) groups is 1. The molecular weight excluding hydrogens is 414 g/mol. The first-order chi connectivity index (χ1) is 15.0. The molecule has 2 amide bonds. The van der Waals surface area contributed by atoms with Gasteiger partial charge in [0.05, 0.1) is 31.2 Å². The zero-order chi connectivity index (χ0) is 22.2. The molecule has 0 radical (unpaired) electrons. The predicted molar refractivity (Wildman–Crippen MR) is 121 cm³/mol. The van der Waals surface area contributed by atoms with Gasteiger partial charge in [-0.3, -0.25) is 9.59 Å². The van der Waals surface area contributed by atoms with E-state index in [4.69, 9.17) is 14.7 Å². The first kappa shape index (κ1) is 22.2. The number of hydrogen-bond acceptors (Lipinski definition) is 6. The summed E-state index contributed by atoms with van der Waals surface area (Å²) in [6.07, 6.45) is 3.16. The number of benzene rings is 2. The number of carbonyl (C=O) groups excluding carboxylic acids is 2. The second-order valence-corrected chi connectivity index (χ2v) is 7.68. The normalized spacial score (nSPS) is 15.5. The molecule has 1 fully saturated rings. The van der Waals surface area contributed by atoms with Crippen molar-refractivity contribution in [3.05, 3.63) is 59.7 Å². The van der Waals surface area contributed by atoms with E-state index in [1.165, 1.54) is 17.8 Å². The van der Waals surface area contributed by atoms with Gasteiger partial charge in [-0.2, -0.15) is 5.26 Å². The Kier molecular flexibility index (Phi) is 7.57. The molecule has 0 saturated carbocycles. The number of nitrogens with zero attached hydrogens (tertiary/aromatic N) is 2. The number of amides is 2. The van der Waals surface area contributed by atoms with E-state index in [1.54, 1.807) is 54.5 Å².